The summed E-state index contributed by atoms with van der Waals surface area (Å²) in [5.74, 6) is 0.951. The average Bonchev–Trinajstić information content (AvgIpc) is 2.47. The van der Waals surface area contributed by atoms with Crippen LogP contribution in [0.15, 0.2) is 40.2 Å². The van der Waals surface area contributed by atoms with E-state index in [2.05, 4.69) is 33.8 Å². The van der Waals surface area contributed by atoms with Crippen molar-refractivity contribution in [3.63, 3.8) is 0 Å². The van der Waals surface area contributed by atoms with E-state index in [4.69, 9.17) is 0 Å². The van der Waals surface area contributed by atoms with Gasteiger partial charge in [0.15, 0.2) is 0 Å². The first-order valence-corrected chi connectivity index (χ1v) is 8.54. The summed E-state index contributed by atoms with van der Waals surface area (Å²) < 4.78 is 26.8. The highest BCUT2D eigenvalue weighted by molar-refractivity contribution is 7.90. The highest BCUT2D eigenvalue weighted by Crippen LogP contribution is 2.08. The Morgan fingerprint density at radius 3 is 2.62 bits per heavy atom. The summed E-state index contributed by atoms with van der Waals surface area (Å²) >= 11 is 0. The van der Waals surface area contributed by atoms with E-state index in [9.17, 15) is 8.42 Å². The lowest BCUT2D eigenvalue weighted by atomic mass is 10.1. The molecule has 0 atom stereocenters. The number of nitrogens with zero attached hydrogens (tertiary/aromatic N) is 2. The van der Waals surface area contributed by atoms with E-state index in [0.717, 1.165) is 13.0 Å². The van der Waals surface area contributed by atoms with Gasteiger partial charge < -0.3 is 5.32 Å². The molecule has 1 aliphatic heterocycles. The molecule has 0 bridgehead atoms. The second-order valence-electron chi connectivity index (χ2n) is 5.48. The van der Waals surface area contributed by atoms with Crippen LogP contribution >= 0.6 is 0 Å². The maximum atomic E-state index is 12.2. The summed E-state index contributed by atoms with van der Waals surface area (Å²) in [5.41, 5.74) is 0. The predicted molar refractivity (Wildman–Crippen MR) is 83.2 cm³/mol. The zero-order valence-electron chi connectivity index (χ0n) is 12.4. The summed E-state index contributed by atoms with van der Waals surface area (Å²) in [7, 11) is -3.56. The Morgan fingerprint density at radius 1 is 1.33 bits per heavy atom. The van der Waals surface area contributed by atoms with Crippen LogP contribution in [0.3, 0.4) is 0 Å². The number of aliphatic imine (C=N–C) groups is 1. The molecule has 1 heterocycles. The zero-order valence-corrected chi connectivity index (χ0v) is 13.2. The summed E-state index contributed by atoms with van der Waals surface area (Å²) in [6.07, 6.45) is 1.10. The summed E-state index contributed by atoms with van der Waals surface area (Å²) in [5, 5.41) is 3.00. The maximum absolute atomic E-state index is 12.2. The molecule has 21 heavy (non-hydrogen) atoms. The standard InChI is InChI=1S/C14H22N4O2S/c1-12(2)8-9-18-10-15-14(16-11-18)17-21(19,20)13-6-4-3-5-7-13/h3-7,12H,8-11H2,1-2H3,(H2,15,16,17). The van der Waals surface area contributed by atoms with E-state index < -0.39 is 10.0 Å². The van der Waals surface area contributed by atoms with Crippen molar-refractivity contribution in [2.24, 2.45) is 10.9 Å². The molecular weight excluding hydrogens is 288 g/mol. The van der Waals surface area contributed by atoms with Gasteiger partial charge in [0.2, 0.25) is 5.96 Å². The number of nitrogens with one attached hydrogen (secondary N) is 2. The van der Waals surface area contributed by atoms with Gasteiger partial charge in [-0.05, 0) is 24.5 Å². The highest BCUT2D eigenvalue weighted by atomic mass is 32.2. The normalized spacial score (nSPS) is 16.4. The topological polar surface area (TPSA) is 73.8 Å². The Kier molecular flexibility index (Phi) is 5.19. The third-order valence-corrected chi connectivity index (χ3v) is 4.56. The number of hydrogen-bond donors (Lipinski definition) is 2. The van der Waals surface area contributed by atoms with Gasteiger partial charge in [-0.1, -0.05) is 32.0 Å². The van der Waals surface area contributed by atoms with Crippen molar-refractivity contribution < 1.29 is 8.42 Å². The zero-order chi connectivity index (χ0) is 15.3. The molecule has 0 spiro atoms. The number of guanidine groups is 1. The monoisotopic (exact) mass is 310 g/mol. The minimum Gasteiger partial charge on any atom is -0.343 e. The molecule has 1 aromatic rings. The molecule has 0 unspecified atom stereocenters. The maximum Gasteiger partial charge on any atom is 0.264 e. The molecule has 7 heteroatoms. The molecule has 0 aliphatic carbocycles. The Bertz CT molecular complexity index is 584. The fourth-order valence-electron chi connectivity index (χ4n) is 1.91. The van der Waals surface area contributed by atoms with Crippen molar-refractivity contribution in [2.75, 3.05) is 19.9 Å². The van der Waals surface area contributed by atoms with Crippen LogP contribution in [0.4, 0.5) is 0 Å². The van der Waals surface area contributed by atoms with Crippen molar-refractivity contribution in [1.29, 1.82) is 0 Å². The van der Waals surface area contributed by atoms with E-state index >= 15 is 0 Å². The number of hydrogen-bond acceptors (Lipinski definition) is 5. The summed E-state index contributed by atoms with van der Waals surface area (Å²) in [6, 6.07) is 8.28. The summed E-state index contributed by atoms with van der Waals surface area (Å²) in [6.45, 7) is 6.42. The second kappa shape index (κ2) is 6.91. The molecule has 2 rings (SSSR count). The molecule has 2 N–H and O–H groups in total. The van der Waals surface area contributed by atoms with E-state index in [1.807, 2.05) is 0 Å². The molecule has 0 saturated heterocycles. The average molecular weight is 310 g/mol. The van der Waals surface area contributed by atoms with Crippen LogP contribution < -0.4 is 10.0 Å². The molecule has 0 radical (unpaired) electrons. The molecular formula is C14H22N4O2S. The Morgan fingerprint density at radius 2 is 2.05 bits per heavy atom. The fraction of sp³-hybridized carbons (Fsp3) is 0.500. The fourth-order valence-corrected chi connectivity index (χ4v) is 2.93. The van der Waals surface area contributed by atoms with Crippen LogP contribution in [0.1, 0.15) is 20.3 Å². The Balaban J connectivity index is 1.93. The molecule has 1 aliphatic rings. The van der Waals surface area contributed by atoms with Gasteiger partial charge in [-0.2, -0.15) is 0 Å². The van der Waals surface area contributed by atoms with Gasteiger partial charge in [0.1, 0.15) is 0 Å². The van der Waals surface area contributed by atoms with Gasteiger partial charge in [0.25, 0.3) is 10.0 Å². The van der Waals surface area contributed by atoms with Crippen molar-refractivity contribution in [3.05, 3.63) is 30.3 Å². The molecule has 1 aromatic carbocycles. The molecule has 116 valence electrons. The van der Waals surface area contributed by atoms with Gasteiger partial charge in [-0.25, -0.2) is 18.1 Å². The first-order valence-electron chi connectivity index (χ1n) is 7.06. The van der Waals surface area contributed by atoms with E-state index in [1.54, 1.807) is 30.3 Å². The molecule has 6 nitrogen and oxygen atoms in total. The molecule has 0 amide bonds. The second-order valence-corrected chi connectivity index (χ2v) is 7.16. The van der Waals surface area contributed by atoms with Crippen LogP contribution in [0.5, 0.6) is 0 Å². The SMILES string of the molecule is CC(C)CCN1CN=C(NS(=O)(=O)c2ccccc2)NC1. The van der Waals surface area contributed by atoms with Crippen LogP contribution in [0.25, 0.3) is 0 Å². The van der Waals surface area contributed by atoms with E-state index in [0.29, 0.717) is 25.2 Å². The first-order chi connectivity index (χ1) is 9.97. The largest absolute Gasteiger partial charge is 0.343 e. The molecule has 0 aromatic heterocycles. The first kappa shape index (κ1) is 15.8. The minimum absolute atomic E-state index is 0.233. The molecule has 0 saturated carbocycles. The van der Waals surface area contributed by atoms with Gasteiger partial charge >= 0.3 is 0 Å². The van der Waals surface area contributed by atoms with E-state index in [-0.39, 0.29) is 4.90 Å². The number of sulfonamides is 1. The van der Waals surface area contributed by atoms with Crippen LogP contribution in [0, 0.1) is 5.92 Å². The van der Waals surface area contributed by atoms with Gasteiger partial charge in [0, 0.05) is 6.54 Å². The Labute approximate surface area is 126 Å². The third kappa shape index (κ3) is 4.71. The number of benzene rings is 1. The van der Waals surface area contributed by atoms with E-state index in [1.165, 1.54) is 0 Å². The van der Waals surface area contributed by atoms with Crippen LogP contribution in [-0.4, -0.2) is 39.2 Å². The lowest BCUT2D eigenvalue weighted by Crippen LogP contribution is -2.50. The lowest BCUT2D eigenvalue weighted by Gasteiger charge is -2.27. The van der Waals surface area contributed by atoms with Crippen LogP contribution in [0.2, 0.25) is 0 Å². The van der Waals surface area contributed by atoms with Crippen molar-refractivity contribution in [1.82, 2.24) is 14.9 Å². The lowest BCUT2D eigenvalue weighted by molar-refractivity contribution is 0.248. The highest BCUT2D eigenvalue weighted by Gasteiger charge is 2.19. The number of rotatable bonds is 5. The van der Waals surface area contributed by atoms with Gasteiger partial charge in [-0.15, -0.1) is 0 Å². The van der Waals surface area contributed by atoms with Gasteiger partial charge in [-0.3, -0.25) is 4.90 Å². The van der Waals surface area contributed by atoms with Crippen LogP contribution in [-0.2, 0) is 10.0 Å². The predicted octanol–water partition coefficient (Wildman–Crippen LogP) is 1.19. The summed E-state index contributed by atoms with van der Waals surface area (Å²) in [4.78, 5) is 6.61. The Hall–Kier alpha value is -1.60. The molecule has 0 fully saturated rings. The smallest absolute Gasteiger partial charge is 0.264 e. The third-order valence-electron chi connectivity index (χ3n) is 3.21. The van der Waals surface area contributed by atoms with Gasteiger partial charge in [0.05, 0.1) is 18.2 Å². The minimum atomic E-state index is -3.56. The van der Waals surface area contributed by atoms with Crippen molar-refractivity contribution in [3.8, 4) is 0 Å². The van der Waals surface area contributed by atoms with Crippen molar-refractivity contribution >= 4 is 16.0 Å². The quantitative estimate of drug-likeness (QED) is 0.857. The van der Waals surface area contributed by atoms with Crippen molar-refractivity contribution in [2.45, 2.75) is 25.2 Å².